The molecule has 0 aliphatic rings. The van der Waals surface area contributed by atoms with Crippen LogP contribution in [0.25, 0.3) is 0 Å². The maximum Gasteiger partial charge on any atom is 0.416 e. The molecule has 11 heteroatoms. The number of ether oxygens (including phenoxy) is 2. The molecule has 0 spiro atoms. The van der Waals surface area contributed by atoms with Crippen LogP contribution < -0.4 is 9.47 Å². The van der Waals surface area contributed by atoms with Crippen LogP contribution in [0.5, 0.6) is 17.2 Å². The molecule has 0 heterocycles. The summed E-state index contributed by atoms with van der Waals surface area (Å²) in [6.07, 6.45) is -10.4. The lowest BCUT2D eigenvalue weighted by Crippen LogP contribution is -2.29. The van der Waals surface area contributed by atoms with Gasteiger partial charge in [0.05, 0.1) is 22.2 Å². The van der Waals surface area contributed by atoms with Crippen molar-refractivity contribution in [2.75, 3.05) is 0 Å². The van der Waals surface area contributed by atoms with E-state index in [4.69, 9.17) is 21.1 Å². The van der Waals surface area contributed by atoms with Crippen molar-refractivity contribution >= 4 is 17.4 Å². The van der Waals surface area contributed by atoms with E-state index in [0.29, 0.717) is 6.07 Å². The van der Waals surface area contributed by atoms with E-state index in [0.717, 1.165) is 30.3 Å². The lowest BCUT2D eigenvalue weighted by Gasteiger charge is -2.18. The van der Waals surface area contributed by atoms with E-state index in [2.05, 4.69) is 0 Å². The zero-order chi connectivity index (χ0) is 26.7. The molecule has 2 unspecified atom stereocenters. The van der Waals surface area contributed by atoms with Crippen LogP contribution in [0.15, 0.2) is 66.7 Å². The monoisotopic (exact) mass is 527 g/mol. The van der Waals surface area contributed by atoms with Gasteiger partial charge in [-0.15, -0.1) is 0 Å². The average Bonchev–Trinajstić information content (AvgIpc) is 2.80. The summed E-state index contributed by atoms with van der Waals surface area (Å²) in [7, 11) is 0. The van der Waals surface area contributed by atoms with Crippen LogP contribution in [-0.2, 0) is 17.1 Å². The van der Waals surface area contributed by atoms with E-state index in [-0.39, 0.29) is 27.8 Å². The summed E-state index contributed by atoms with van der Waals surface area (Å²) in [5.41, 5.74) is -2.06. The van der Waals surface area contributed by atoms with Crippen molar-refractivity contribution in [3.05, 3.63) is 88.4 Å². The first-order valence-electron chi connectivity index (χ1n) is 10.2. The minimum Gasteiger partial charge on any atom is -0.483 e. The smallest absolute Gasteiger partial charge is 0.416 e. The number of carbonyl (C=O) groups excluding carboxylic acids is 1. The molecule has 188 valence electrons. The number of rotatable bonds is 7. The lowest BCUT2D eigenvalue weighted by atomic mass is 9.92. The number of carbonyl (C=O) groups is 1. The maximum absolute atomic E-state index is 13.0. The summed E-state index contributed by atoms with van der Waals surface area (Å²) in [6, 6.07) is 13.9. The molecule has 3 aromatic rings. The predicted molar refractivity (Wildman–Crippen MR) is 118 cm³/mol. The fourth-order valence-corrected chi connectivity index (χ4v) is 3.41. The first-order chi connectivity index (χ1) is 16.8. The second-order valence-electron chi connectivity index (χ2n) is 7.57. The van der Waals surface area contributed by atoms with Gasteiger partial charge in [0, 0.05) is 6.07 Å². The van der Waals surface area contributed by atoms with Crippen LogP contribution in [0.1, 0.15) is 29.5 Å². The van der Waals surface area contributed by atoms with Crippen LogP contribution in [0, 0.1) is 11.3 Å². The third-order valence-electron chi connectivity index (χ3n) is 4.97. The van der Waals surface area contributed by atoms with Crippen molar-refractivity contribution in [2.45, 2.75) is 31.3 Å². The first-order valence-corrected chi connectivity index (χ1v) is 10.6. The first kappa shape index (κ1) is 26.9. The number of halogens is 7. The Balaban J connectivity index is 1.75. The average molecular weight is 528 g/mol. The van der Waals surface area contributed by atoms with Crippen molar-refractivity contribution in [1.29, 1.82) is 5.26 Å². The van der Waals surface area contributed by atoms with Crippen LogP contribution in [-0.4, -0.2) is 11.9 Å². The molecule has 2 atom stereocenters. The minimum atomic E-state index is -4.64. The molecule has 0 saturated carbocycles. The second-order valence-corrected chi connectivity index (χ2v) is 7.97. The standard InChI is InChI=1S/C25H16ClF6NO3/c1-14(23(34)20(13-33)15-4-2-5-16(10-15)24(27,28)29)35-18-6-3-7-19(12-18)36-22-9-8-17(11-21(22)26)25(30,31)32/h2-12,14,20H,1H3. The van der Waals surface area contributed by atoms with Gasteiger partial charge in [-0.1, -0.05) is 35.9 Å². The third-order valence-corrected chi connectivity index (χ3v) is 5.26. The van der Waals surface area contributed by atoms with Gasteiger partial charge in [0.25, 0.3) is 0 Å². The molecule has 36 heavy (non-hydrogen) atoms. The van der Waals surface area contributed by atoms with Gasteiger partial charge in [-0.25, -0.2) is 0 Å². The molecule has 0 saturated heterocycles. The summed E-state index contributed by atoms with van der Waals surface area (Å²) >= 11 is 5.90. The molecule has 0 fully saturated rings. The molecule has 0 bridgehead atoms. The van der Waals surface area contributed by atoms with Crippen LogP contribution >= 0.6 is 11.6 Å². The van der Waals surface area contributed by atoms with Crippen molar-refractivity contribution < 1.29 is 40.6 Å². The Morgan fingerprint density at radius 2 is 1.50 bits per heavy atom. The van der Waals surface area contributed by atoms with Gasteiger partial charge in [0.15, 0.2) is 11.9 Å². The molecule has 3 rings (SSSR count). The Morgan fingerprint density at radius 1 is 0.889 bits per heavy atom. The van der Waals surface area contributed by atoms with E-state index >= 15 is 0 Å². The Morgan fingerprint density at radius 3 is 2.11 bits per heavy atom. The molecule has 0 N–H and O–H groups in total. The SMILES string of the molecule is CC(Oc1cccc(Oc2ccc(C(F)(F)F)cc2Cl)c1)C(=O)C(C#N)c1cccc(C(F)(F)F)c1. The van der Waals surface area contributed by atoms with E-state index in [9.17, 15) is 36.4 Å². The highest BCUT2D eigenvalue weighted by molar-refractivity contribution is 6.32. The van der Waals surface area contributed by atoms with Gasteiger partial charge in [0.2, 0.25) is 0 Å². The van der Waals surface area contributed by atoms with Crippen molar-refractivity contribution in [1.82, 2.24) is 0 Å². The normalized spacial score (nSPS) is 13.4. The Bertz CT molecular complexity index is 1300. The fourth-order valence-electron chi connectivity index (χ4n) is 3.19. The Kier molecular flexibility index (Phi) is 7.84. The van der Waals surface area contributed by atoms with Gasteiger partial charge in [-0.05, 0) is 48.9 Å². The highest BCUT2D eigenvalue weighted by Crippen LogP contribution is 2.37. The zero-order valence-corrected chi connectivity index (χ0v) is 19.1. The summed E-state index contributed by atoms with van der Waals surface area (Å²) < 4.78 is 88.6. The molecule has 0 amide bonds. The highest BCUT2D eigenvalue weighted by Gasteiger charge is 2.33. The molecular formula is C25H16ClF6NO3. The van der Waals surface area contributed by atoms with Gasteiger partial charge in [-0.3, -0.25) is 4.79 Å². The molecule has 4 nitrogen and oxygen atoms in total. The highest BCUT2D eigenvalue weighted by atomic mass is 35.5. The van der Waals surface area contributed by atoms with Crippen LogP contribution in [0.2, 0.25) is 5.02 Å². The summed E-state index contributed by atoms with van der Waals surface area (Å²) in [5, 5.41) is 9.17. The molecular weight excluding hydrogens is 512 g/mol. The largest absolute Gasteiger partial charge is 0.483 e. The fraction of sp³-hybridized carbons (Fsp3) is 0.200. The number of nitriles is 1. The summed E-state index contributed by atoms with van der Waals surface area (Å²) in [4.78, 5) is 12.8. The van der Waals surface area contributed by atoms with Crippen LogP contribution in [0.4, 0.5) is 26.3 Å². The summed E-state index contributed by atoms with van der Waals surface area (Å²) in [6.45, 7) is 1.33. The van der Waals surface area contributed by atoms with E-state index in [1.54, 1.807) is 6.07 Å². The second kappa shape index (κ2) is 10.5. The van der Waals surface area contributed by atoms with E-state index < -0.39 is 41.3 Å². The number of benzene rings is 3. The number of hydrogen-bond acceptors (Lipinski definition) is 4. The number of ketones is 1. The molecule has 0 radical (unpaired) electrons. The minimum absolute atomic E-state index is 0.0555. The topological polar surface area (TPSA) is 59.3 Å². The van der Waals surface area contributed by atoms with Gasteiger partial charge >= 0.3 is 12.4 Å². The van der Waals surface area contributed by atoms with Crippen LogP contribution in [0.3, 0.4) is 0 Å². The predicted octanol–water partition coefficient (Wildman–Crippen LogP) is 7.81. The van der Waals surface area contributed by atoms with Gasteiger partial charge in [0.1, 0.15) is 23.2 Å². The van der Waals surface area contributed by atoms with Gasteiger partial charge in [-0.2, -0.15) is 31.6 Å². The number of Topliss-reactive ketones (excluding diaryl/α,β-unsaturated/α-hetero) is 1. The molecule has 0 aliphatic heterocycles. The third kappa shape index (κ3) is 6.49. The number of hydrogen-bond donors (Lipinski definition) is 0. The summed E-state index contributed by atoms with van der Waals surface area (Å²) in [5.74, 6) is -2.10. The lowest BCUT2D eigenvalue weighted by molar-refractivity contribution is -0.138. The number of nitrogens with zero attached hydrogens (tertiary/aromatic N) is 1. The Labute approximate surface area is 206 Å². The molecule has 0 aliphatic carbocycles. The zero-order valence-electron chi connectivity index (χ0n) is 18.3. The maximum atomic E-state index is 13.0. The van der Waals surface area contributed by atoms with E-state index in [1.165, 1.54) is 37.3 Å². The van der Waals surface area contributed by atoms with E-state index in [1.807, 2.05) is 0 Å². The van der Waals surface area contributed by atoms with Gasteiger partial charge < -0.3 is 9.47 Å². The quantitative estimate of drug-likeness (QED) is 0.294. The van der Waals surface area contributed by atoms with Crippen molar-refractivity contribution in [3.63, 3.8) is 0 Å². The molecule has 0 aromatic heterocycles. The molecule has 3 aromatic carbocycles. The Hall–Kier alpha value is -3.71. The van der Waals surface area contributed by atoms with Crippen molar-refractivity contribution in [2.24, 2.45) is 0 Å². The number of alkyl halides is 6. The van der Waals surface area contributed by atoms with Crippen molar-refractivity contribution in [3.8, 4) is 23.3 Å².